The highest BCUT2D eigenvalue weighted by Crippen LogP contribution is 2.41. The van der Waals surface area contributed by atoms with Crippen LogP contribution < -0.4 is 5.32 Å². The van der Waals surface area contributed by atoms with Crippen LogP contribution in [0.25, 0.3) is 0 Å². The third kappa shape index (κ3) is 7.09. The van der Waals surface area contributed by atoms with Gasteiger partial charge in [0.15, 0.2) is 0 Å². The first-order valence-corrected chi connectivity index (χ1v) is 14.1. The summed E-state index contributed by atoms with van der Waals surface area (Å²) in [7, 11) is 4.40. The zero-order valence-corrected chi connectivity index (χ0v) is 22.9. The molecule has 0 aromatic heterocycles. The van der Waals surface area contributed by atoms with Gasteiger partial charge in [-0.3, -0.25) is 14.5 Å². The largest absolute Gasteiger partial charge is 0.352 e. The van der Waals surface area contributed by atoms with Crippen LogP contribution in [0.15, 0.2) is 30.3 Å². The summed E-state index contributed by atoms with van der Waals surface area (Å²) < 4.78 is 0. The summed E-state index contributed by atoms with van der Waals surface area (Å²) in [5.74, 6) is 1.27. The quantitative estimate of drug-likeness (QED) is 0.524. The number of hydrogen-bond donors (Lipinski definition) is 1. The van der Waals surface area contributed by atoms with Gasteiger partial charge in [-0.25, -0.2) is 0 Å². The number of benzene rings is 1. The molecule has 196 valence electrons. The van der Waals surface area contributed by atoms with Gasteiger partial charge in [-0.05, 0) is 76.9 Å². The number of hydrogen-bond acceptors (Lipinski definition) is 3. The number of nitrogens with zero attached hydrogens (tertiary/aromatic N) is 2. The van der Waals surface area contributed by atoms with Crippen LogP contribution in [-0.2, 0) is 15.1 Å². The molecule has 0 spiro atoms. The Morgan fingerprint density at radius 2 is 1.80 bits per heavy atom. The lowest BCUT2D eigenvalue weighted by Crippen LogP contribution is -2.47. The van der Waals surface area contributed by atoms with Crippen molar-refractivity contribution >= 4 is 11.8 Å². The highest BCUT2D eigenvalue weighted by Gasteiger charge is 2.37. The van der Waals surface area contributed by atoms with E-state index in [2.05, 4.69) is 68.5 Å². The van der Waals surface area contributed by atoms with Crippen molar-refractivity contribution in [3.05, 3.63) is 35.9 Å². The fourth-order valence-electron chi connectivity index (χ4n) is 6.17. The molecule has 35 heavy (non-hydrogen) atoms. The Bertz CT molecular complexity index is 807. The Morgan fingerprint density at radius 1 is 1.11 bits per heavy atom. The average molecular weight is 484 g/mol. The molecule has 1 aromatic rings. The van der Waals surface area contributed by atoms with E-state index in [9.17, 15) is 9.59 Å². The molecule has 2 unspecified atom stereocenters. The second-order valence-electron chi connectivity index (χ2n) is 11.5. The number of carbonyl (C=O) groups excluding carboxylic acids is 2. The van der Waals surface area contributed by atoms with Gasteiger partial charge in [0.05, 0.1) is 6.54 Å². The summed E-state index contributed by atoms with van der Waals surface area (Å²) >= 11 is 0. The Kier molecular flexibility index (Phi) is 10.2. The van der Waals surface area contributed by atoms with Gasteiger partial charge in [-0.2, -0.15) is 0 Å². The van der Waals surface area contributed by atoms with Crippen molar-refractivity contribution < 1.29 is 9.59 Å². The van der Waals surface area contributed by atoms with Crippen LogP contribution in [0.3, 0.4) is 0 Å². The molecule has 1 aliphatic heterocycles. The van der Waals surface area contributed by atoms with Gasteiger partial charge in [-0.15, -0.1) is 0 Å². The highest BCUT2D eigenvalue weighted by atomic mass is 16.2. The number of rotatable bonds is 8. The van der Waals surface area contributed by atoms with Crippen LogP contribution in [0.4, 0.5) is 0 Å². The summed E-state index contributed by atoms with van der Waals surface area (Å²) in [6.07, 6.45) is 11.2. The molecule has 5 nitrogen and oxygen atoms in total. The second-order valence-corrected chi connectivity index (χ2v) is 11.5. The molecule has 1 aliphatic carbocycles. The molecule has 1 heterocycles. The number of carbonyl (C=O) groups is 2. The van der Waals surface area contributed by atoms with Crippen molar-refractivity contribution in [1.82, 2.24) is 15.1 Å². The first kappa shape index (κ1) is 27.7. The Hall–Kier alpha value is -1.88. The van der Waals surface area contributed by atoms with Gasteiger partial charge in [0.25, 0.3) is 0 Å². The van der Waals surface area contributed by atoms with Crippen LogP contribution >= 0.6 is 0 Å². The normalized spacial score (nSPS) is 27.7. The molecular weight excluding hydrogens is 434 g/mol. The molecule has 1 aromatic carbocycles. The smallest absolute Gasteiger partial charge is 0.239 e. The zero-order valence-electron chi connectivity index (χ0n) is 22.9. The zero-order chi connectivity index (χ0) is 25.4. The van der Waals surface area contributed by atoms with Crippen LogP contribution in [0.1, 0.15) is 90.5 Å². The van der Waals surface area contributed by atoms with Crippen molar-refractivity contribution in [2.24, 2.45) is 17.8 Å². The SMILES string of the molecule is CC[C@@H](C)NC(=O)CN1CCC[C@](c2ccccc2)(N(C)C)CCCC(CC2CCC2)C(C)C1=O. The lowest BCUT2D eigenvalue weighted by molar-refractivity contribution is -0.141. The summed E-state index contributed by atoms with van der Waals surface area (Å²) in [5, 5.41) is 3.07. The molecule has 1 N–H and O–H groups in total. The Labute approximate surface area is 214 Å². The summed E-state index contributed by atoms with van der Waals surface area (Å²) in [6, 6.07) is 11.0. The van der Waals surface area contributed by atoms with E-state index in [0.29, 0.717) is 12.5 Å². The standard InChI is InChI=1S/C30H49N3O2/c1-6-23(2)31-28(34)22-33-20-12-19-30(32(4)5,27-16-8-7-9-17-27)18-11-15-26(24(3)29(33)35)21-25-13-10-14-25/h7-9,16-17,23-26H,6,10-15,18-22H2,1-5H3,(H,31,34)/t23-,24?,26?,30-/m1/s1. The van der Waals surface area contributed by atoms with Crippen LogP contribution in [0.2, 0.25) is 0 Å². The van der Waals surface area contributed by atoms with Gasteiger partial charge < -0.3 is 10.2 Å². The molecule has 1 saturated carbocycles. The maximum absolute atomic E-state index is 13.8. The number of nitrogens with one attached hydrogen (secondary N) is 1. The van der Waals surface area contributed by atoms with E-state index < -0.39 is 0 Å². The molecule has 5 heteroatoms. The van der Waals surface area contributed by atoms with E-state index in [-0.39, 0.29) is 35.9 Å². The predicted molar refractivity (Wildman–Crippen MR) is 144 cm³/mol. The highest BCUT2D eigenvalue weighted by molar-refractivity contribution is 5.86. The minimum absolute atomic E-state index is 0.0319. The van der Waals surface area contributed by atoms with Crippen molar-refractivity contribution in [2.45, 2.75) is 96.6 Å². The van der Waals surface area contributed by atoms with Gasteiger partial charge in [0.2, 0.25) is 11.8 Å². The molecule has 3 rings (SSSR count). The first-order valence-electron chi connectivity index (χ1n) is 14.1. The van der Waals surface area contributed by atoms with Crippen molar-refractivity contribution in [1.29, 1.82) is 0 Å². The van der Waals surface area contributed by atoms with E-state index in [4.69, 9.17) is 0 Å². The molecular formula is C30H49N3O2. The summed E-state index contributed by atoms with van der Waals surface area (Å²) in [4.78, 5) is 30.8. The van der Waals surface area contributed by atoms with Crippen LogP contribution in [0, 0.1) is 17.8 Å². The fraction of sp³-hybridized carbons (Fsp3) is 0.733. The van der Waals surface area contributed by atoms with E-state index in [1.807, 2.05) is 11.8 Å². The minimum Gasteiger partial charge on any atom is -0.352 e. The third-order valence-corrected chi connectivity index (χ3v) is 8.97. The summed E-state index contributed by atoms with van der Waals surface area (Å²) in [5.41, 5.74) is 1.31. The maximum atomic E-state index is 13.8. The van der Waals surface area contributed by atoms with Crippen molar-refractivity contribution in [3.8, 4) is 0 Å². The molecule has 0 bridgehead atoms. The fourth-order valence-corrected chi connectivity index (χ4v) is 6.17. The lowest BCUT2D eigenvalue weighted by atomic mass is 9.73. The first-order chi connectivity index (χ1) is 16.8. The topological polar surface area (TPSA) is 52.7 Å². The van der Waals surface area contributed by atoms with Gasteiger partial charge >= 0.3 is 0 Å². The van der Waals surface area contributed by atoms with E-state index in [0.717, 1.165) is 50.9 Å². The Balaban J connectivity index is 1.87. The molecule has 1 saturated heterocycles. The molecule has 2 aliphatic rings. The Morgan fingerprint density at radius 3 is 2.40 bits per heavy atom. The lowest BCUT2D eigenvalue weighted by Gasteiger charge is -2.41. The van der Waals surface area contributed by atoms with Crippen LogP contribution in [-0.4, -0.2) is 54.8 Å². The van der Waals surface area contributed by atoms with Gasteiger partial charge in [0, 0.05) is 24.0 Å². The van der Waals surface area contributed by atoms with Crippen molar-refractivity contribution in [3.63, 3.8) is 0 Å². The molecule has 0 radical (unpaired) electrons. The average Bonchev–Trinajstić information content (AvgIpc) is 2.83. The maximum Gasteiger partial charge on any atom is 0.239 e. The van der Waals surface area contributed by atoms with Gasteiger partial charge in [0.1, 0.15) is 0 Å². The van der Waals surface area contributed by atoms with E-state index in [1.54, 1.807) is 0 Å². The van der Waals surface area contributed by atoms with E-state index >= 15 is 0 Å². The number of amides is 2. The van der Waals surface area contributed by atoms with E-state index in [1.165, 1.54) is 24.8 Å². The predicted octanol–water partition coefficient (Wildman–Crippen LogP) is 5.59. The van der Waals surface area contributed by atoms with Gasteiger partial charge in [-0.1, -0.05) is 69.9 Å². The monoisotopic (exact) mass is 483 g/mol. The van der Waals surface area contributed by atoms with Crippen molar-refractivity contribution in [2.75, 3.05) is 27.2 Å². The summed E-state index contributed by atoms with van der Waals surface area (Å²) in [6.45, 7) is 7.02. The molecule has 2 fully saturated rings. The van der Waals surface area contributed by atoms with Crippen LogP contribution in [0.5, 0.6) is 0 Å². The third-order valence-electron chi connectivity index (χ3n) is 8.97. The minimum atomic E-state index is -0.0520. The molecule has 2 amide bonds. The molecule has 4 atom stereocenters. The second kappa shape index (κ2) is 12.9.